The van der Waals surface area contributed by atoms with Gasteiger partial charge in [-0.25, -0.2) is 12.8 Å². The Bertz CT molecular complexity index is 1070. The predicted molar refractivity (Wildman–Crippen MR) is 106 cm³/mol. The molecule has 0 aromatic heterocycles. The molecule has 1 amide bonds. The van der Waals surface area contributed by atoms with Crippen LogP contribution in [0, 0.1) is 5.82 Å². The van der Waals surface area contributed by atoms with Crippen LogP contribution < -0.4 is 19.5 Å². The number of hydrogen-bond donors (Lipinski definition) is 2. The molecule has 1 heterocycles. The summed E-state index contributed by atoms with van der Waals surface area (Å²) in [5.74, 6) is -0.883. The van der Waals surface area contributed by atoms with Gasteiger partial charge in [-0.2, -0.15) is 4.72 Å². The van der Waals surface area contributed by atoms with Crippen molar-refractivity contribution < 1.29 is 36.6 Å². The fourth-order valence-electron chi connectivity index (χ4n) is 2.68. The summed E-state index contributed by atoms with van der Waals surface area (Å²) in [5.41, 5.74) is 0.761. The molecule has 31 heavy (non-hydrogen) atoms. The number of fused-ring (bicyclic) bond motifs is 1. The van der Waals surface area contributed by atoms with Crippen molar-refractivity contribution >= 4 is 21.9 Å². The molecule has 2 aromatic carbocycles. The van der Waals surface area contributed by atoms with E-state index in [1.54, 1.807) is 18.2 Å². The number of amides is 1. The summed E-state index contributed by atoms with van der Waals surface area (Å²) < 4.78 is 55.2. The van der Waals surface area contributed by atoms with E-state index in [4.69, 9.17) is 14.2 Å². The number of nitrogens with one attached hydrogen (secondary N) is 2. The Hall–Kier alpha value is -3.18. The lowest BCUT2D eigenvalue weighted by molar-refractivity contribution is -0.156. The van der Waals surface area contributed by atoms with E-state index >= 15 is 0 Å². The molecule has 0 aliphatic carbocycles. The maximum atomic E-state index is 13.0. The second kappa shape index (κ2) is 9.31. The van der Waals surface area contributed by atoms with Crippen molar-refractivity contribution in [3.8, 4) is 11.5 Å². The van der Waals surface area contributed by atoms with E-state index in [-0.39, 0.29) is 18.2 Å². The van der Waals surface area contributed by atoms with Crippen LogP contribution in [0.15, 0.2) is 47.4 Å². The van der Waals surface area contributed by atoms with Crippen molar-refractivity contribution in [1.29, 1.82) is 0 Å². The van der Waals surface area contributed by atoms with Crippen molar-refractivity contribution in [3.05, 3.63) is 53.8 Å². The minimum absolute atomic E-state index is 0.140. The average molecular weight is 452 g/mol. The summed E-state index contributed by atoms with van der Waals surface area (Å²) in [6, 6.07) is 8.07. The summed E-state index contributed by atoms with van der Waals surface area (Å²) in [6.07, 6.45) is -1.15. The smallest absolute Gasteiger partial charge is 0.324 e. The normalized spacial score (nSPS) is 14.5. The van der Waals surface area contributed by atoms with Gasteiger partial charge in [-0.05, 0) is 55.8 Å². The first-order chi connectivity index (χ1) is 14.7. The van der Waals surface area contributed by atoms with E-state index < -0.39 is 39.9 Å². The topological polar surface area (TPSA) is 120 Å². The number of carbonyl (C=O) groups excluding carboxylic acids is 2. The molecule has 2 atom stereocenters. The van der Waals surface area contributed by atoms with Crippen LogP contribution in [0.5, 0.6) is 11.5 Å². The highest BCUT2D eigenvalue weighted by Gasteiger charge is 2.26. The molecule has 0 saturated carbocycles. The van der Waals surface area contributed by atoms with Crippen LogP contribution in [0.2, 0.25) is 0 Å². The number of benzene rings is 2. The maximum Gasteiger partial charge on any atom is 0.324 e. The Kier molecular flexibility index (Phi) is 6.76. The summed E-state index contributed by atoms with van der Waals surface area (Å²) >= 11 is 0. The lowest BCUT2D eigenvalue weighted by Gasteiger charge is -2.17. The fraction of sp³-hybridized carbons (Fsp3) is 0.300. The zero-order valence-corrected chi connectivity index (χ0v) is 17.6. The second-order valence-corrected chi connectivity index (χ2v) is 8.50. The van der Waals surface area contributed by atoms with Crippen molar-refractivity contribution in [2.75, 3.05) is 6.79 Å². The first kappa shape index (κ1) is 22.5. The summed E-state index contributed by atoms with van der Waals surface area (Å²) in [4.78, 5) is 24.2. The monoisotopic (exact) mass is 452 g/mol. The Morgan fingerprint density at radius 1 is 1.10 bits per heavy atom. The predicted octanol–water partition coefficient (Wildman–Crippen LogP) is 1.47. The molecule has 3 rings (SSSR count). The van der Waals surface area contributed by atoms with Crippen LogP contribution in [0.3, 0.4) is 0 Å². The second-order valence-electron chi connectivity index (χ2n) is 6.78. The molecule has 0 bridgehead atoms. The van der Waals surface area contributed by atoms with Crippen LogP contribution in [0.4, 0.5) is 4.39 Å². The van der Waals surface area contributed by atoms with Crippen molar-refractivity contribution in [3.63, 3.8) is 0 Å². The third-order valence-electron chi connectivity index (χ3n) is 4.38. The number of carbonyl (C=O) groups is 2. The molecule has 166 valence electrons. The van der Waals surface area contributed by atoms with Crippen LogP contribution in [0.25, 0.3) is 0 Å². The first-order valence-corrected chi connectivity index (χ1v) is 10.8. The third kappa shape index (κ3) is 5.70. The van der Waals surface area contributed by atoms with Crippen molar-refractivity contribution in [2.24, 2.45) is 0 Å². The minimum Gasteiger partial charge on any atom is -0.454 e. The van der Waals surface area contributed by atoms with Gasteiger partial charge in [0.2, 0.25) is 16.8 Å². The minimum atomic E-state index is -4.07. The summed E-state index contributed by atoms with van der Waals surface area (Å²) in [7, 11) is -4.07. The summed E-state index contributed by atoms with van der Waals surface area (Å²) in [6.45, 7) is 2.96. The molecule has 1 aliphatic rings. The molecule has 11 heteroatoms. The van der Waals surface area contributed by atoms with Crippen LogP contribution >= 0.6 is 0 Å². The Morgan fingerprint density at radius 2 is 1.77 bits per heavy atom. The number of hydrogen-bond acceptors (Lipinski definition) is 7. The highest BCUT2D eigenvalue weighted by molar-refractivity contribution is 7.89. The van der Waals surface area contributed by atoms with Gasteiger partial charge in [-0.15, -0.1) is 0 Å². The molecular weight excluding hydrogens is 431 g/mol. The molecule has 0 radical (unpaired) electrons. The highest BCUT2D eigenvalue weighted by atomic mass is 32.2. The van der Waals surface area contributed by atoms with Gasteiger partial charge in [-0.3, -0.25) is 9.59 Å². The number of sulfonamides is 1. The number of rotatable bonds is 8. The number of ether oxygens (including phenoxy) is 3. The molecule has 2 aromatic rings. The molecule has 1 aliphatic heterocycles. The molecule has 0 spiro atoms. The first-order valence-electron chi connectivity index (χ1n) is 9.30. The maximum absolute atomic E-state index is 13.0. The Balaban J connectivity index is 1.50. The van der Waals surface area contributed by atoms with Gasteiger partial charge in [-0.1, -0.05) is 6.07 Å². The van der Waals surface area contributed by atoms with Crippen LogP contribution in [-0.4, -0.2) is 39.2 Å². The summed E-state index contributed by atoms with van der Waals surface area (Å²) in [5, 5.41) is 2.63. The number of esters is 1. The van der Waals surface area contributed by atoms with Gasteiger partial charge in [0, 0.05) is 6.54 Å². The SMILES string of the molecule is C[C@H](OC(=O)[C@@H](C)NS(=O)(=O)c1ccc(F)cc1)C(=O)NCc1ccc2c(c1)OCO2. The van der Waals surface area contributed by atoms with E-state index in [9.17, 15) is 22.4 Å². The lowest BCUT2D eigenvalue weighted by atomic mass is 10.2. The number of halogens is 1. The van der Waals surface area contributed by atoms with Gasteiger partial charge in [0.1, 0.15) is 11.9 Å². The van der Waals surface area contributed by atoms with Gasteiger partial charge < -0.3 is 19.5 Å². The van der Waals surface area contributed by atoms with Gasteiger partial charge >= 0.3 is 5.97 Å². The highest BCUT2D eigenvalue weighted by Crippen LogP contribution is 2.32. The van der Waals surface area contributed by atoms with Crippen molar-refractivity contribution in [1.82, 2.24) is 10.0 Å². The third-order valence-corrected chi connectivity index (χ3v) is 5.93. The van der Waals surface area contributed by atoms with E-state index in [2.05, 4.69) is 10.0 Å². The quantitative estimate of drug-likeness (QED) is 0.582. The van der Waals surface area contributed by atoms with Gasteiger partial charge in [0.25, 0.3) is 5.91 Å². The van der Waals surface area contributed by atoms with E-state index in [1.165, 1.54) is 13.8 Å². The van der Waals surface area contributed by atoms with Gasteiger partial charge in [0.15, 0.2) is 17.6 Å². The largest absolute Gasteiger partial charge is 0.454 e. The Morgan fingerprint density at radius 3 is 2.48 bits per heavy atom. The van der Waals surface area contributed by atoms with Crippen molar-refractivity contribution in [2.45, 2.75) is 37.4 Å². The molecular formula is C20H21FN2O7S. The molecule has 9 nitrogen and oxygen atoms in total. The standard InChI is InChI=1S/C20H21FN2O7S/c1-12(23-31(26,27)16-6-4-15(21)5-7-16)20(25)30-13(2)19(24)22-10-14-3-8-17-18(9-14)29-11-28-17/h3-9,12-13,23H,10-11H2,1-2H3,(H,22,24)/t12-,13+/m1/s1. The molecule has 2 N–H and O–H groups in total. The molecule has 0 unspecified atom stereocenters. The zero-order chi connectivity index (χ0) is 22.6. The molecule has 0 fully saturated rings. The van der Waals surface area contributed by atoms with Gasteiger partial charge in [0.05, 0.1) is 4.90 Å². The van der Waals surface area contributed by atoms with Crippen LogP contribution in [0.1, 0.15) is 19.4 Å². The molecule has 0 saturated heterocycles. The fourth-order valence-corrected chi connectivity index (χ4v) is 3.87. The average Bonchev–Trinajstić information content (AvgIpc) is 3.19. The van der Waals surface area contributed by atoms with E-state index in [1.807, 2.05) is 0 Å². The lowest BCUT2D eigenvalue weighted by Crippen LogP contribution is -2.43. The zero-order valence-electron chi connectivity index (χ0n) is 16.8. The Labute approximate surface area is 178 Å². The van der Waals surface area contributed by atoms with E-state index in [0.29, 0.717) is 11.5 Å². The van der Waals surface area contributed by atoms with Crippen LogP contribution in [-0.2, 0) is 30.9 Å². The van der Waals surface area contributed by atoms with E-state index in [0.717, 1.165) is 29.8 Å².